The topological polar surface area (TPSA) is 165 Å². The van der Waals surface area contributed by atoms with Crippen LogP contribution >= 0.6 is 11.3 Å². The lowest BCUT2D eigenvalue weighted by atomic mass is 9.84. The van der Waals surface area contributed by atoms with E-state index in [1.54, 1.807) is 21.0 Å². The molecule has 15 heteroatoms. The number of aliphatic hydroxyl groups is 4. The SMILES string of the molecule is Cc1nc2ccc(-n3ncnc3[C@@H]3O[C@H](CO)[C@H](O)[C@H](N4N=NCC(N5CCC(O)CC5)[C@@H](C/C=C/F)[C@H]4C)[C@H]3O)cc2s1. The summed E-state index contributed by atoms with van der Waals surface area (Å²) in [6.07, 6.45) is -0.0888. The number of ether oxygens (including phenoxy) is 1. The van der Waals surface area contributed by atoms with Crippen molar-refractivity contribution in [1.29, 1.82) is 0 Å². The molecular weight excluding hydrogens is 591 g/mol. The van der Waals surface area contributed by atoms with Crippen molar-refractivity contribution < 1.29 is 29.6 Å². The summed E-state index contributed by atoms with van der Waals surface area (Å²) < 4.78 is 22.0. The number of hydrogen-bond acceptors (Lipinski definition) is 13. The van der Waals surface area contributed by atoms with Crippen molar-refractivity contribution in [2.24, 2.45) is 16.3 Å². The number of hydrogen-bond donors (Lipinski definition) is 4. The molecule has 238 valence electrons. The van der Waals surface area contributed by atoms with Gasteiger partial charge in [-0.25, -0.2) is 19.0 Å². The number of thiazole rings is 1. The predicted molar refractivity (Wildman–Crippen MR) is 160 cm³/mol. The van der Waals surface area contributed by atoms with Gasteiger partial charge in [0.2, 0.25) is 0 Å². The van der Waals surface area contributed by atoms with Crippen molar-refractivity contribution in [2.75, 3.05) is 26.2 Å². The monoisotopic (exact) mass is 630 g/mol. The molecule has 4 N–H and O–H groups in total. The fourth-order valence-electron chi connectivity index (χ4n) is 6.86. The zero-order chi connectivity index (χ0) is 31.0. The normalized spacial score (nSPS) is 32.6. The Bertz CT molecular complexity index is 1480. The molecule has 3 aromatic rings. The van der Waals surface area contributed by atoms with Gasteiger partial charge < -0.3 is 25.2 Å². The summed E-state index contributed by atoms with van der Waals surface area (Å²) >= 11 is 1.55. The van der Waals surface area contributed by atoms with Gasteiger partial charge in [0.15, 0.2) is 5.82 Å². The number of aryl methyl sites for hydroxylation is 1. The highest BCUT2D eigenvalue weighted by atomic mass is 32.1. The van der Waals surface area contributed by atoms with Crippen LogP contribution in [0.15, 0.2) is 47.3 Å². The molecule has 1 unspecified atom stereocenters. The summed E-state index contributed by atoms with van der Waals surface area (Å²) in [7, 11) is 0. The molecule has 6 rings (SSSR count). The number of likely N-dealkylation sites (tertiary alicyclic amines) is 1. The third-order valence-corrected chi connectivity index (χ3v) is 10.1. The smallest absolute Gasteiger partial charge is 0.163 e. The highest BCUT2D eigenvalue weighted by Gasteiger charge is 2.52. The number of aromatic nitrogens is 4. The molecule has 8 atom stereocenters. The standard InChI is InChI=1S/C29H39FN8O5S/c1-16-20(4-3-9-30)22(36-10-7-19(40)8-11-36)13-32-35-37(16)25-26(41)23(14-39)43-28(27(25)42)29-31-15-33-38(29)18-5-6-21-24(12-18)44-17(2)34-21/h3,5-6,9,12,15-16,19-20,22-23,25-28,39-42H,4,7-8,10-11,13-14H2,1-2H3/b9-3+/t16-,20+,22?,23-,25+,26+,27-,28-/m1/s1. The third kappa shape index (κ3) is 5.89. The van der Waals surface area contributed by atoms with Gasteiger partial charge in [0, 0.05) is 25.0 Å². The lowest BCUT2D eigenvalue weighted by Crippen LogP contribution is -2.64. The molecule has 0 bridgehead atoms. The number of nitrogens with zero attached hydrogens (tertiary/aromatic N) is 8. The first kappa shape index (κ1) is 31.1. The number of benzene rings is 1. The van der Waals surface area contributed by atoms with Crippen molar-refractivity contribution in [1.82, 2.24) is 29.7 Å². The molecule has 2 fully saturated rings. The molecule has 5 heterocycles. The fourth-order valence-corrected chi connectivity index (χ4v) is 7.72. The van der Waals surface area contributed by atoms with E-state index in [0.29, 0.717) is 56.7 Å². The second-order valence-electron chi connectivity index (χ2n) is 11.8. The Hall–Kier alpha value is -2.92. The van der Waals surface area contributed by atoms with Crippen molar-refractivity contribution >= 4 is 21.6 Å². The van der Waals surface area contributed by atoms with Gasteiger partial charge >= 0.3 is 0 Å². The minimum atomic E-state index is -1.34. The number of allylic oxidation sites excluding steroid dienone is 1. The van der Waals surface area contributed by atoms with Crippen LogP contribution in [0.3, 0.4) is 0 Å². The number of fused-ring (bicyclic) bond motifs is 1. The van der Waals surface area contributed by atoms with Crippen LogP contribution in [-0.2, 0) is 4.74 Å². The van der Waals surface area contributed by atoms with Crippen LogP contribution in [0.5, 0.6) is 0 Å². The molecule has 1 aromatic carbocycles. The van der Waals surface area contributed by atoms with Gasteiger partial charge in [-0.15, -0.1) is 11.3 Å². The van der Waals surface area contributed by atoms with E-state index in [1.807, 2.05) is 32.0 Å². The maximum Gasteiger partial charge on any atom is 0.163 e. The quantitative estimate of drug-likeness (QED) is 0.304. The van der Waals surface area contributed by atoms with E-state index < -0.39 is 43.1 Å². The Morgan fingerprint density at radius 3 is 2.70 bits per heavy atom. The van der Waals surface area contributed by atoms with Gasteiger partial charge in [-0.3, -0.25) is 9.91 Å². The van der Waals surface area contributed by atoms with Crippen LogP contribution in [0.4, 0.5) is 4.39 Å². The number of rotatable bonds is 7. The van der Waals surface area contributed by atoms with Crippen LogP contribution in [0.1, 0.15) is 43.1 Å². The zero-order valence-corrected chi connectivity index (χ0v) is 25.5. The fraction of sp³-hybridized carbons (Fsp3) is 0.621. The first-order chi connectivity index (χ1) is 21.3. The number of halogens is 1. The molecule has 44 heavy (non-hydrogen) atoms. The molecule has 2 aromatic heterocycles. The Labute approximate surface area is 258 Å². The van der Waals surface area contributed by atoms with E-state index in [9.17, 15) is 24.8 Å². The van der Waals surface area contributed by atoms with E-state index >= 15 is 0 Å². The third-order valence-electron chi connectivity index (χ3n) is 9.18. The van der Waals surface area contributed by atoms with Gasteiger partial charge in [0.05, 0.1) is 52.5 Å². The van der Waals surface area contributed by atoms with Crippen molar-refractivity contribution in [2.45, 2.75) is 81.8 Å². The number of piperidine rings is 1. The van der Waals surface area contributed by atoms with Crippen molar-refractivity contribution in [3.8, 4) is 5.69 Å². The van der Waals surface area contributed by atoms with E-state index in [0.717, 1.165) is 15.2 Å². The lowest BCUT2D eigenvalue weighted by molar-refractivity contribution is -0.225. The highest BCUT2D eigenvalue weighted by molar-refractivity contribution is 7.18. The Kier molecular flexibility index (Phi) is 9.33. The van der Waals surface area contributed by atoms with Crippen LogP contribution in [0, 0.1) is 12.8 Å². The van der Waals surface area contributed by atoms with Crippen molar-refractivity contribution in [3.63, 3.8) is 0 Å². The average molecular weight is 631 g/mol. The summed E-state index contributed by atoms with van der Waals surface area (Å²) in [4.78, 5) is 11.2. The largest absolute Gasteiger partial charge is 0.394 e. The van der Waals surface area contributed by atoms with Gasteiger partial charge in [-0.2, -0.15) is 10.2 Å². The first-order valence-corrected chi connectivity index (χ1v) is 15.8. The first-order valence-electron chi connectivity index (χ1n) is 15.0. The average Bonchev–Trinajstić information content (AvgIpc) is 3.61. The Balaban J connectivity index is 1.32. The predicted octanol–water partition coefficient (Wildman–Crippen LogP) is 2.09. The van der Waals surface area contributed by atoms with Gasteiger partial charge in [-0.1, -0.05) is 11.3 Å². The summed E-state index contributed by atoms with van der Waals surface area (Å²) in [5.74, 6) is 0.133. The second kappa shape index (κ2) is 13.2. The maximum absolute atomic E-state index is 13.3. The molecule has 13 nitrogen and oxygen atoms in total. The Morgan fingerprint density at radius 2 is 1.95 bits per heavy atom. The van der Waals surface area contributed by atoms with Gasteiger partial charge in [0.1, 0.15) is 36.8 Å². The molecule has 0 radical (unpaired) electrons. The minimum Gasteiger partial charge on any atom is -0.394 e. The summed E-state index contributed by atoms with van der Waals surface area (Å²) in [6.45, 7) is 5.08. The summed E-state index contributed by atoms with van der Waals surface area (Å²) in [6, 6.07) is 4.19. The summed E-state index contributed by atoms with van der Waals surface area (Å²) in [5.41, 5.74) is 1.56. The molecule has 3 aliphatic heterocycles. The molecule has 0 spiro atoms. The van der Waals surface area contributed by atoms with Crippen LogP contribution in [-0.4, -0.2) is 119 Å². The van der Waals surface area contributed by atoms with E-state index in [4.69, 9.17) is 4.74 Å². The van der Waals surface area contributed by atoms with E-state index in [-0.39, 0.29) is 18.1 Å². The molecule has 0 aliphatic carbocycles. The Morgan fingerprint density at radius 1 is 1.16 bits per heavy atom. The lowest BCUT2D eigenvalue weighted by Gasteiger charge is -2.48. The molecule has 3 aliphatic rings. The van der Waals surface area contributed by atoms with Crippen LogP contribution < -0.4 is 0 Å². The van der Waals surface area contributed by atoms with Crippen molar-refractivity contribution in [3.05, 3.63) is 47.8 Å². The van der Waals surface area contributed by atoms with Gasteiger partial charge in [0.25, 0.3) is 0 Å². The van der Waals surface area contributed by atoms with E-state index in [1.165, 1.54) is 12.4 Å². The molecular formula is C29H39FN8O5S. The summed E-state index contributed by atoms with van der Waals surface area (Å²) in [5, 5.41) is 59.6. The zero-order valence-electron chi connectivity index (χ0n) is 24.7. The minimum absolute atomic E-state index is 0.0885. The number of aliphatic hydroxyl groups excluding tert-OH is 4. The highest BCUT2D eigenvalue weighted by Crippen LogP contribution is 2.39. The second-order valence-corrected chi connectivity index (χ2v) is 13.0. The molecule has 0 amide bonds. The van der Waals surface area contributed by atoms with E-state index in [2.05, 4.69) is 30.3 Å². The van der Waals surface area contributed by atoms with Crippen LogP contribution in [0.2, 0.25) is 0 Å². The van der Waals surface area contributed by atoms with Gasteiger partial charge in [-0.05, 0) is 51.3 Å². The molecule has 0 saturated carbocycles. The van der Waals surface area contributed by atoms with Crippen LogP contribution in [0.25, 0.3) is 15.9 Å². The maximum atomic E-state index is 13.3. The molecule has 2 saturated heterocycles.